The standard InChI is InChI=1S/C8H8FN5O/c9-6-3-11-8(12-4-6)10-2-1-7-13-5-15-14-7/h3-5H,1-2H2,(H,10,11,12). The summed E-state index contributed by atoms with van der Waals surface area (Å²) in [7, 11) is 0. The molecule has 0 saturated carbocycles. The fraction of sp³-hybridized carbons (Fsp3) is 0.250. The van der Waals surface area contributed by atoms with Crippen LogP contribution in [0.25, 0.3) is 0 Å². The zero-order valence-electron chi connectivity index (χ0n) is 7.72. The maximum atomic E-state index is 12.4. The second-order valence-electron chi connectivity index (χ2n) is 2.75. The van der Waals surface area contributed by atoms with Crippen LogP contribution < -0.4 is 5.32 Å². The van der Waals surface area contributed by atoms with Gasteiger partial charge in [-0.25, -0.2) is 14.4 Å². The Morgan fingerprint density at radius 2 is 2.07 bits per heavy atom. The molecular formula is C8H8FN5O. The molecule has 1 N–H and O–H groups in total. The van der Waals surface area contributed by atoms with Crippen molar-refractivity contribution in [3.05, 3.63) is 30.4 Å². The molecule has 0 aromatic carbocycles. The summed E-state index contributed by atoms with van der Waals surface area (Å²) in [4.78, 5) is 11.3. The van der Waals surface area contributed by atoms with Crippen LogP contribution in [0.4, 0.5) is 10.3 Å². The van der Waals surface area contributed by atoms with Gasteiger partial charge in [-0.1, -0.05) is 5.16 Å². The van der Waals surface area contributed by atoms with E-state index >= 15 is 0 Å². The monoisotopic (exact) mass is 209 g/mol. The van der Waals surface area contributed by atoms with Crippen LogP contribution >= 0.6 is 0 Å². The fourth-order valence-electron chi connectivity index (χ4n) is 0.992. The third-order valence-electron chi connectivity index (χ3n) is 1.66. The van der Waals surface area contributed by atoms with Crippen molar-refractivity contribution in [1.29, 1.82) is 0 Å². The van der Waals surface area contributed by atoms with E-state index in [0.29, 0.717) is 24.7 Å². The van der Waals surface area contributed by atoms with Gasteiger partial charge in [-0.2, -0.15) is 4.98 Å². The highest BCUT2D eigenvalue weighted by molar-refractivity contribution is 5.22. The third-order valence-corrected chi connectivity index (χ3v) is 1.66. The number of halogens is 1. The molecule has 78 valence electrons. The summed E-state index contributed by atoms with van der Waals surface area (Å²) in [6.07, 6.45) is 4.06. The fourth-order valence-corrected chi connectivity index (χ4v) is 0.992. The van der Waals surface area contributed by atoms with Crippen LogP contribution in [-0.2, 0) is 6.42 Å². The van der Waals surface area contributed by atoms with Gasteiger partial charge in [0.15, 0.2) is 11.6 Å². The van der Waals surface area contributed by atoms with Gasteiger partial charge < -0.3 is 9.84 Å². The normalized spacial score (nSPS) is 10.2. The van der Waals surface area contributed by atoms with Crippen LogP contribution in [0.2, 0.25) is 0 Å². The Bertz CT molecular complexity index is 401. The molecule has 2 aromatic rings. The summed E-state index contributed by atoms with van der Waals surface area (Å²) in [5.41, 5.74) is 0. The number of nitrogens with one attached hydrogen (secondary N) is 1. The number of aromatic nitrogens is 4. The Labute approximate surface area is 84.6 Å². The Morgan fingerprint density at radius 3 is 2.73 bits per heavy atom. The molecule has 0 amide bonds. The lowest BCUT2D eigenvalue weighted by Gasteiger charge is -2.00. The molecule has 0 aliphatic carbocycles. The molecule has 0 aliphatic heterocycles. The third kappa shape index (κ3) is 2.70. The van der Waals surface area contributed by atoms with E-state index in [0.717, 1.165) is 12.4 Å². The number of anilines is 1. The first kappa shape index (κ1) is 9.50. The molecular weight excluding hydrogens is 201 g/mol. The maximum absolute atomic E-state index is 12.4. The summed E-state index contributed by atoms with van der Waals surface area (Å²) < 4.78 is 17.0. The number of rotatable bonds is 4. The van der Waals surface area contributed by atoms with Gasteiger partial charge in [0.25, 0.3) is 0 Å². The molecule has 0 aliphatic rings. The van der Waals surface area contributed by atoms with Crippen LogP contribution in [0.5, 0.6) is 0 Å². The van der Waals surface area contributed by atoms with Crippen LogP contribution in [-0.4, -0.2) is 26.7 Å². The van der Waals surface area contributed by atoms with Crippen molar-refractivity contribution < 1.29 is 8.91 Å². The highest BCUT2D eigenvalue weighted by Crippen LogP contribution is 1.98. The largest absolute Gasteiger partial charge is 0.354 e. The van der Waals surface area contributed by atoms with E-state index in [1.807, 2.05) is 0 Å². The molecule has 0 radical (unpaired) electrons. The van der Waals surface area contributed by atoms with E-state index in [4.69, 9.17) is 0 Å². The van der Waals surface area contributed by atoms with Crippen molar-refractivity contribution >= 4 is 5.95 Å². The summed E-state index contributed by atoms with van der Waals surface area (Å²) >= 11 is 0. The summed E-state index contributed by atoms with van der Waals surface area (Å²) in [6, 6.07) is 0. The van der Waals surface area contributed by atoms with Crippen molar-refractivity contribution in [3.8, 4) is 0 Å². The van der Waals surface area contributed by atoms with Crippen molar-refractivity contribution in [2.75, 3.05) is 11.9 Å². The molecule has 0 bridgehead atoms. The Morgan fingerprint density at radius 1 is 1.27 bits per heavy atom. The SMILES string of the molecule is Fc1cnc(NCCc2ncon2)nc1. The first-order chi connectivity index (χ1) is 7.34. The van der Waals surface area contributed by atoms with Crippen LogP contribution in [0.1, 0.15) is 5.82 Å². The first-order valence-electron chi connectivity index (χ1n) is 4.31. The van der Waals surface area contributed by atoms with E-state index in [9.17, 15) is 4.39 Å². The quantitative estimate of drug-likeness (QED) is 0.796. The van der Waals surface area contributed by atoms with Crippen molar-refractivity contribution in [3.63, 3.8) is 0 Å². The van der Waals surface area contributed by atoms with Gasteiger partial charge in [-0.05, 0) is 0 Å². The Hall–Kier alpha value is -2.05. The van der Waals surface area contributed by atoms with Crippen molar-refractivity contribution in [1.82, 2.24) is 20.1 Å². The summed E-state index contributed by atoms with van der Waals surface area (Å²) in [6.45, 7) is 0.561. The van der Waals surface area contributed by atoms with Crippen LogP contribution in [0.3, 0.4) is 0 Å². The van der Waals surface area contributed by atoms with Gasteiger partial charge in [0.1, 0.15) is 0 Å². The first-order valence-corrected chi connectivity index (χ1v) is 4.31. The Balaban J connectivity index is 1.81. The van der Waals surface area contributed by atoms with Crippen LogP contribution in [0.15, 0.2) is 23.3 Å². The van der Waals surface area contributed by atoms with Gasteiger partial charge in [0.05, 0.1) is 12.4 Å². The number of hydrogen-bond donors (Lipinski definition) is 1. The van der Waals surface area contributed by atoms with E-state index in [2.05, 4.69) is 29.9 Å². The second kappa shape index (κ2) is 4.45. The minimum absolute atomic E-state index is 0.375. The van der Waals surface area contributed by atoms with Gasteiger partial charge >= 0.3 is 0 Å². The zero-order chi connectivity index (χ0) is 10.5. The van der Waals surface area contributed by atoms with Crippen molar-refractivity contribution in [2.24, 2.45) is 0 Å². The van der Waals surface area contributed by atoms with Gasteiger partial charge in [0, 0.05) is 13.0 Å². The molecule has 7 heteroatoms. The second-order valence-corrected chi connectivity index (χ2v) is 2.75. The van der Waals surface area contributed by atoms with Gasteiger partial charge in [-0.3, -0.25) is 0 Å². The lowest BCUT2D eigenvalue weighted by molar-refractivity contribution is 0.410. The Kier molecular flexibility index (Phi) is 2.82. The summed E-state index contributed by atoms with van der Waals surface area (Å²) in [5, 5.41) is 6.53. The lowest BCUT2D eigenvalue weighted by atomic mass is 10.4. The molecule has 0 atom stereocenters. The molecule has 6 nitrogen and oxygen atoms in total. The highest BCUT2D eigenvalue weighted by atomic mass is 19.1. The number of hydrogen-bond acceptors (Lipinski definition) is 6. The zero-order valence-corrected chi connectivity index (χ0v) is 7.72. The minimum atomic E-state index is -0.460. The predicted molar refractivity (Wildman–Crippen MR) is 48.5 cm³/mol. The molecule has 2 rings (SSSR count). The van der Waals surface area contributed by atoms with E-state index in [1.165, 1.54) is 6.39 Å². The molecule has 0 unspecified atom stereocenters. The molecule has 0 saturated heterocycles. The topological polar surface area (TPSA) is 76.7 Å². The average Bonchev–Trinajstić information content (AvgIpc) is 2.74. The maximum Gasteiger partial charge on any atom is 0.222 e. The van der Waals surface area contributed by atoms with E-state index in [1.54, 1.807) is 0 Å². The van der Waals surface area contributed by atoms with Crippen molar-refractivity contribution in [2.45, 2.75) is 6.42 Å². The van der Waals surface area contributed by atoms with E-state index in [-0.39, 0.29) is 0 Å². The van der Waals surface area contributed by atoms with Gasteiger partial charge in [-0.15, -0.1) is 0 Å². The van der Waals surface area contributed by atoms with E-state index < -0.39 is 5.82 Å². The van der Waals surface area contributed by atoms with Gasteiger partial charge in [0.2, 0.25) is 12.3 Å². The highest BCUT2D eigenvalue weighted by Gasteiger charge is 1.99. The average molecular weight is 209 g/mol. The summed E-state index contributed by atoms with van der Waals surface area (Å²) in [5.74, 6) is 0.517. The lowest BCUT2D eigenvalue weighted by Crippen LogP contribution is -2.08. The molecule has 15 heavy (non-hydrogen) atoms. The smallest absolute Gasteiger partial charge is 0.222 e. The molecule has 0 fully saturated rings. The van der Waals surface area contributed by atoms with Crippen LogP contribution in [0, 0.1) is 5.82 Å². The predicted octanol–water partition coefficient (Wildman–Crippen LogP) is 0.653. The molecule has 2 aromatic heterocycles. The molecule has 2 heterocycles. The molecule has 0 spiro atoms. The number of nitrogens with zero attached hydrogens (tertiary/aromatic N) is 4. The minimum Gasteiger partial charge on any atom is -0.354 e.